The number of nitrogens with one attached hydrogen (secondary N) is 1. The number of phenols is 1. The summed E-state index contributed by atoms with van der Waals surface area (Å²) in [5.41, 5.74) is 5.87. The van der Waals surface area contributed by atoms with Gasteiger partial charge < -0.3 is 16.2 Å². The molecule has 1 saturated carbocycles. The van der Waals surface area contributed by atoms with Crippen LogP contribution in [0.15, 0.2) is 18.2 Å². The van der Waals surface area contributed by atoms with Gasteiger partial charge in [-0.2, -0.15) is 0 Å². The van der Waals surface area contributed by atoms with Crippen molar-refractivity contribution in [2.24, 2.45) is 11.7 Å². The molecule has 2 rings (SSSR count). The molecule has 1 aromatic carbocycles. The van der Waals surface area contributed by atoms with Crippen LogP contribution in [0.3, 0.4) is 0 Å². The molecule has 0 heterocycles. The maximum atomic E-state index is 12.0. The number of nitrogens with two attached hydrogens (primary N) is 1. The molecule has 0 spiro atoms. The molecule has 1 aliphatic rings. The summed E-state index contributed by atoms with van der Waals surface area (Å²) in [7, 11) is 0. The number of amides is 1. The number of rotatable bonds is 4. The molecular formula is C14H20ClN3O4. The Hall–Kier alpha value is -1.86. The third-order valence-electron chi connectivity index (χ3n) is 3.88. The topological polar surface area (TPSA) is 118 Å². The van der Waals surface area contributed by atoms with Crippen molar-refractivity contribution in [3.05, 3.63) is 28.3 Å². The third-order valence-corrected chi connectivity index (χ3v) is 3.88. The molecule has 0 radical (unpaired) electrons. The van der Waals surface area contributed by atoms with Crippen molar-refractivity contribution < 1.29 is 14.8 Å². The lowest BCUT2D eigenvalue weighted by Gasteiger charge is -2.27. The van der Waals surface area contributed by atoms with Gasteiger partial charge in [-0.1, -0.05) is 12.8 Å². The molecule has 4 N–H and O–H groups in total. The summed E-state index contributed by atoms with van der Waals surface area (Å²) >= 11 is 0. The van der Waals surface area contributed by atoms with E-state index in [0.29, 0.717) is 0 Å². The number of non-ortho nitro benzene ring substituents is 1. The Morgan fingerprint density at radius 1 is 1.41 bits per heavy atom. The first-order chi connectivity index (χ1) is 9.97. The molecule has 1 amide bonds. The second kappa shape index (κ2) is 7.95. The van der Waals surface area contributed by atoms with Crippen molar-refractivity contribution in [3.63, 3.8) is 0 Å². The molecule has 2 unspecified atom stereocenters. The van der Waals surface area contributed by atoms with E-state index in [1.165, 1.54) is 12.1 Å². The highest BCUT2D eigenvalue weighted by atomic mass is 35.5. The van der Waals surface area contributed by atoms with Crippen molar-refractivity contribution in [3.8, 4) is 5.75 Å². The van der Waals surface area contributed by atoms with Gasteiger partial charge in [0.15, 0.2) is 0 Å². The van der Waals surface area contributed by atoms with Crippen LogP contribution in [0.1, 0.15) is 32.1 Å². The van der Waals surface area contributed by atoms with Crippen molar-refractivity contribution >= 4 is 29.7 Å². The predicted molar refractivity (Wildman–Crippen MR) is 85.2 cm³/mol. The van der Waals surface area contributed by atoms with Gasteiger partial charge in [0.05, 0.1) is 10.6 Å². The van der Waals surface area contributed by atoms with E-state index >= 15 is 0 Å². The highest BCUT2D eigenvalue weighted by Gasteiger charge is 2.24. The lowest BCUT2D eigenvalue weighted by molar-refractivity contribution is -0.384. The van der Waals surface area contributed by atoms with Gasteiger partial charge >= 0.3 is 0 Å². The minimum absolute atomic E-state index is 0. The molecule has 8 heteroatoms. The van der Waals surface area contributed by atoms with Crippen LogP contribution in [0, 0.1) is 16.0 Å². The third kappa shape index (κ3) is 4.57. The van der Waals surface area contributed by atoms with Crippen molar-refractivity contribution in [1.29, 1.82) is 0 Å². The van der Waals surface area contributed by atoms with E-state index in [4.69, 9.17) is 5.73 Å². The van der Waals surface area contributed by atoms with Crippen LogP contribution in [0.25, 0.3) is 0 Å². The minimum atomic E-state index is -0.577. The Bertz CT molecular complexity index is 553. The average Bonchev–Trinajstić information content (AvgIpc) is 2.43. The molecule has 22 heavy (non-hydrogen) atoms. The molecule has 0 aliphatic heterocycles. The SMILES string of the molecule is Cl.NC1CCCCC1CC(=O)Nc1cc([N+](=O)[O-])ccc1O. The molecule has 7 nitrogen and oxygen atoms in total. The van der Waals surface area contributed by atoms with Gasteiger partial charge in [-0.05, 0) is 24.8 Å². The Balaban J connectivity index is 0.00000242. The second-order valence-electron chi connectivity index (χ2n) is 5.42. The minimum Gasteiger partial charge on any atom is -0.506 e. The van der Waals surface area contributed by atoms with E-state index < -0.39 is 4.92 Å². The number of carbonyl (C=O) groups is 1. The highest BCUT2D eigenvalue weighted by Crippen LogP contribution is 2.29. The number of nitro groups is 1. The molecule has 2 atom stereocenters. The lowest BCUT2D eigenvalue weighted by atomic mass is 9.83. The van der Waals surface area contributed by atoms with E-state index in [1.54, 1.807) is 0 Å². The van der Waals surface area contributed by atoms with E-state index in [2.05, 4.69) is 5.32 Å². The van der Waals surface area contributed by atoms with Crippen LogP contribution in [-0.4, -0.2) is 22.0 Å². The fraction of sp³-hybridized carbons (Fsp3) is 0.500. The van der Waals surface area contributed by atoms with Gasteiger partial charge in [-0.15, -0.1) is 12.4 Å². The zero-order chi connectivity index (χ0) is 15.4. The lowest BCUT2D eigenvalue weighted by Crippen LogP contribution is -2.35. The number of nitrogens with zero attached hydrogens (tertiary/aromatic N) is 1. The molecule has 1 aliphatic carbocycles. The van der Waals surface area contributed by atoms with Crippen molar-refractivity contribution in [2.45, 2.75) is 38.1 Å². The number of aromatic hydroxyl groups is 1. The fourth-order valence-corrected chi connectivity index (χ4v) is 2.67. The number of halogens is 1. The molecule has 122 valence electrons. The quantitative estimate of drug-likeness (QED) is 0.445. The van der Waals surface area contributed by atoms with E-state index in [1.807, 2.05) is 0 Å². The molecular weight excluding hydrogens is 310 g/mol. The summed E-state index contributed by atoms with van der Waals surface area (Å²) in [5.74, 6) is -0.352. The Kier molecular flexibility index (Phi) is 6.58. The zero-order valence-corrected chi connectivity index (χ0v) is 12.8. The largest absolute Gasteiger partial charge is 0.506 e. The van der Waals surface area contributed by atoms with Crippen LogP contribution in [0.5, 0.6) is 5.75 Å². The average molecular weight is 330 g/mol. The van der Waals surface area contributed by atoms with Gasteiger partial charge in [0.2, 0.25) is 5.91 Å². The van der Waals surface area contributed by atoms with Crippen LogP contribution in [-0.2, 0) is 4.79 Å². The van der Waals surface area contributed by atoms with Gasteiger partial charge in [0.1, 0.15) is 5.75 Å². The summed E-state index contributed by atoms with van der Waals surface area (Å²) < 4.78 is 0. The fourth-order valence-electron chi connectivity index (χ4n) is 2.67. The first-order valence-electron chi connectivity index (χ1n) is 7.00. The summed E-state index contributed by atoms with van der Waals surface area (Å²) in [6, 6.07) is 3.54. The van der Waals surface area contributed by atoms with Crippen LogP contribution >= 0.6 is 12.4 Å². The van der Waals surface area contributed by atoms with Crippen LogP contribution in [0.4, 0.5) is 11.4 Å². The van der Waals surface area contributed by atoms with E-state index in [-0.39, 0.29) is 53.8 Å². The number of carbonyl (C=O) groups excluding carboxylic acids is 1. The highest BCUT2D eigenvalue weighted by molar-refractivity contribution is 5.92. The van der Waals surface area contributed by atoms with E-state index in [0.717, 1.165) is 31.7 Å². The van der Waals surface area contributed by atoms with Gasteiger partial charge in [0.25, 0.3) is 5.69 Å². The van der Waals surface area contributed by atoms with Crippen LogP contribution in [0.2, 0.25) is 0 Å². The smallest absolute Gasteiger partial charge is 0.271 e. The maximum Gasteiger partial charge on any atom is 0.271 e. The van der Waals surface area contributed by atoms with Gasteiger partial charge in [0, 0.05) is 24.6 Å². The molecule has 1 fully saturated rings. The molecule has 1 aromatic rings. The number of nitro benzene ring substituents is 1. The van der Waals surface area contributed by atoms with E-state index in [9.17, 15) is 20.0 Å². The van der Waals surface area contributed by atoms with Crippen molar-refractivity contribution in [2.75, 3.05) is 5.32 Å². The van der Waals surface area contributed by atoms with Gasteiger partial charge in [-0.3, -0.25) is 14.9 Å². The van der Waals surface area contributed by atoms with Crippen LogP contribution < -0.4 is 11.1 Å². The number of phenolic OH excluding ortho intramolecular Hbond substituents is 1. The normalized spacial score (nSPS) is 20.8. The molecule has 0 saturated heterocycles. The monoisotopic (exact) mass is 329 g/mol. The molecule has 0 aromatic heterocycles. The number of benzene rings is 1. The van der Waals surface area contributed by atoms with Crippen molar-refractivity contribution in [1.82, 2.24) is 0 Å². The Labute approximate surface area is 134 Å². The van der Waals surface area contributed by atoms with Gasteiger partial charge in [-0.25, -0.2) is 0 Å². The summed E-state index contributed by atoms with van der Waals surface area (Å²) in [6.45, 7) is 0. The Morgan fingerprint density at radius 3 is 2.73 bits per heavy atom. The standard InChI is InChI=1S/C14H19N3O4.ClH/c15-11-4-2-1-3-9(11)7-14(19)16-12-8-10(17(20)21)5-6-13(12)18;/h5-6,8-9,11,18H,1-4,7,15H2,(H,16,19);1H. The molecule has 0 bridgehead atoms. The number of hydrogen-bond donors (Lipinski definition) is 3. The maximum absolute atomic E-state index is 12.0. The summed E-state index contributed by atoms with van der Waals surface area (Å²) in [4.78, 5) is 22.1. The zero-order valence-electron chi connectivity index (χ0n) is 12.0. The summed E-state index contributed by atoms with van der Waals surface area (Å²) in [6.07, 6.45) is 4.25. The number of hydrogen-bond acceptors (Lipinski definition) is 5. The first kappa shape index (κ1) is 18.2. The Morgan fingerprint density at radius 2 is 2.09 bits per heavy atom. The number of anilines is 1. The first-order valence-corrected chi connectivity index (χ1v) is 7.00. The second-order valence-corrected chi connectivity index (χ2v) is 5.42. The summed E-state index contributed by atoms with van der Waals surface area (Å²) in [5, 5.41) is 22.9. The predicted octanol–water partition coefficient (Wildman–Crippen LogP) is 2.57.